The first kappa shape index (κ1) is 16.9. The first-order chi connectivity index (χ1) is 9.65. The summed E-state index contributed by atoms with van der Waals surface area (Å²) < 4.78 is 5.20. The molecule has 1 N–H and O–H groups in total. The highest BCUT2D eigenvalue weighted by Crippen LogP contribution is 2.30. The van der Waals surface area contributed by atoms with E-state index >= 15 is 0 Å². The van der Waals surface area contributed by atoms with E-state index in [1.54, 1.807) is 7.11 Å². The van der Waals surface area contributed by atoms with Crippen molar-refractivity contribution < 1.29 is 4.74 Å². The molecule has 0 aromatic heterocycles. The van der Waals surface area contributed by atoms with Gasteiger partial charge in [-0.2, -0.15) is 0 Å². The van der Waals surface area contributed by atoms with Gasteiger partial charge in [0.15, 0.2) is 0 Å². The van der Waals surface area contributed by atoms with E-state index in [1.807, 2.05) is 12.1 Å². The highest BCUT2D eigenvalue weighted by atomic mass is 35.5. The maximum absolute atomic E-state index is 6.20. The predicted molar refractivity (Wildman–Crippen MR) is 89.7 cm³/mol. The Labute approximate surface area is 138 Å². The van der Waals surface area contributed by atoms with Gasteiger partial charge in [-0.3, -0.25) is 4.90 Å². The highest BCUT2D eigenvalue weighted by Gasteiger charge is 2.34. The van der Waals surface area contributed by atoms with Crippen molar-refractivity contribution >= 4 is 24.0 Å². The molecule has 1 aromatic rings. The number of methoxy groups -OCH3 is 1. The minimum atomic E-state index is 0. The van der Waals surface area contributed by atoms with E-state index in [0.29, 0.717) is 11.1 Å². The monoisotopic (exact) mass is 330 g/mol. The lowest BCUT2D eigenvalue weighted by atomic mass is 9.98. The number of nitrogens with zero attached hydrogens (tertiary/aromatic N) is 1. The molecule has 5 heteroatoms. The Kier molecular flexibility index (Phi) is 5.78. The van der Waals surface area contributed by atoms with Crippen LogP contribution in [0.15, 0.2) is 18.2 Å². The Bertz CT molecular complexity index is 471. The molecule has 2 aliphatic heterocycles. The maximum Gasteiger partial charge on any atom is 0.137 e. The van der Waals surface area contributed by atoms with Gasteiger partial charge in [0.2, 0.25) is 0 Å². The van der Waals surface area contributed by atoms with E-state index in [2.05, 4.69) is 23.3 Å². The van der Waals surface area contributed by atoms with Crippen molar-refractivity contribution in [3.8, 4) is 5.75 Å². The third kappa shape index (κ3) is 3.84. The summed E-state index contributed by atoms with van der Waals surface area (Å²) in [6, 6.07) is 8.25. The minimum Gasteiger partial charge on any atom is -0.495 e. The average Bonchev–Trinajstić information content (AvgIpc) is 2.77. The van der Waals surface area contributed by atoms with E-state index in [1.165, 1.54) is 31.2 Å². The number of piperidine rings is 1. The number of hydrogen-bond donors (Lipinski definition) is 1. The molecule has 2 atom stereocenters. The fourth-order valence-corrected chi connectivity index (χ4v) is 3.89. The predicted octanol–water partition coefficient (Wildman–Crippen LogP) is 3.49. The zero-order valence-corrected chi connectivity index (χ0v) is 14.2. The van der Waals surface area contributed by atoms with E-state index in [0.717, 1.165) is 24.4 Å². The summed E-state index contributed by atoms with van der Waals surface area (Å²) in [5.74, 6) is 0.748. The molecule has 1 aromatic carbocycles. The Morgan fingerprint density at radius 3 is 2.52 bits per heavy atom. The van der Waals surface area contributed by atoms with Gasteiger partial charge >= 0.3 is 0 Å². The van der Waals surface area contributed by atoms with Crippen LogP contribution in [0.5, 0.6) is 5.75 Å². The molecule has 0 radical (unpaired) electrons. The highest BCUT2D eigenvalue weighted by molar-refractivity contribution is 6.32. The molecule has 3 rings (SSSR count). The van der Waals surface area contributed by atoms with E-state index in [4.69, 9.17) is 16.3 Å². The number of nitrogens with one attached hydrogen (secondary N) is 1. The maximum atomic E-state index is 6.20. The third-order valence-corrected chi connectivity index (χ3v) is 5.02. The van der Waals surface area contributed by atoms with Gasteiger partial charge in [-0.25, -0.2) is 0 Å². The molecular weight excluding hydrogens is 307 g/mol. The number of benzene rings is 1. The van der Waals surface area contributed by atoms with Gasteiger partial charge in [0, 0.05) is 24.7 Å². The summed E-state index contributed by atoms with van der Waals surface area (Å²) in [6.45, 7) is 0.952. The summed E-state index contributed by atoms with van der Waals surface area (Å²) in [6.07, 6.45) is 5.25. The molecule has 2 fully saturated rings. The van der Waals surface area contributed by atoms with Crippen molar-refractivity contribution in [1.82, 2.24) is 10.2 Å². The van der Waals surface area contributed by atoms with Gasteiger partial charge in [-0.1, -0.05) is 17.7 Å². The molecule has 2 bridgehead atoms. The van der Waals surface area contributed by atoms with Crippen LogP contribution in [0, 0.1) is 0 Å². The van der Waals surface area contributed by atoms with Crippen molar-refractivity contribution in [2.24, 2.45) is 0 Å². The minimum absolute atomic E-state index is 0. The molecule has 2 saturated heterocycles. The molecule has 0 spiro atoms. The normalized spacial score (nSPS) is 27.5. The summed E-state index contributed by atoms with van der Waals surface area (Å²) in [4.78, 5) is 2.48. The van der Waals surface area contributed by atoms with Crippen LogP contribution in [0.25, 0.3) is 0 Å². The molecule has 0 amide bonds. The Morgan fingerprint density at radius 1 is 1.29 bits per heavy atom. The van der Waals surface area contributed by atoms with Crippen molar-refractivity contribution in [3.63, 3.8) is 0 Å². The van der Waals surface area contributed by atoms with Gasteiger partial charge in [-0.15, -0.1) is 12.4 Å². The van der Waals surface area contributed by atoms with E-state index < -0.39 is 0 Å². The fraction of sp³-hybridized carbons (Fsp3) is 0.625. The Balaban J connectivity index is 0.00000161. The Morgan fingerprint density at radius 2 is 1.95 bits per heavy atom. The number of fused-ring (bicyclic) bond motifs is 2. The second-order valence-electron chi connectivity index (χ2n) is 6.15. The first-order valence-electron chi connectivity index (χ1n) is 7.44. The smallest absolute Gasteiger partial charge is 0.137 e. The Hall–Kier alpha value is -0.480. The second-order valence-corrected chi connectivity index (χ2v) is 6.55. The third-order valence-electron chi connectivity index (χ3n) is 4.72. The fourth-order valence-electron chi connectivity index (χ4n) is 3.61. The van der Waals surface area contributed by atoms with Crippen LogP contribution >= 0.6 is 24.0 Å². The lowest BCUT2D eigenvalue weighted by Gasteiger charge is -2.35. The SMILES string of the molecule is COc1ccc(CN(C)C2CC3CCC(C2)N3)cc1Cl.Cl. The van der Waals surface area contributed by atoms with Gasteiger partial charge in [0.1, 0.15) is 5.75 Å². The van der Waals surface area contributed by atoms with E-state index in [9.17, 15) is 0 Å². The average molecular weight is 331 g/mol. The standard InChI is InChI=1S/C16H23ClN2O.ClH/c1-19(14-8-12-4-5-13(9-14)18-12)10-11-3-6-16(20-2)15(17)7-11;/h3,6-7,12-14,18H,4-5,8-10H2,1-2H3;1H. The van der Waals surface area contributed by atoms with Crippen LogP contribution in [0.2, 0.25) is 5.02 Å². The second kappa shape index (κ2) is 7.19. The van der Waals surface area contributed by atoms with Gasteiger partial charge < -0.3 is 10.1 Å². The summed E-state index contributed by atoms with van der Waals surface area (Å²) in [5.41, 5.74) is 1.25. The van der Waals surface area contributed by atoms with Crippen molar-refractivity contribution in [1.29, 1.82) is 0 Å². The zero-order chi connectivity index (χ0) is 14.1. The summed E-state index contributed by atoms with van der Waals surface area (Å²) in [5, 5.41) is 4.40. The molecular formula is C16H24Cl2N2O. The lowest BCUT2D eigenvalue weighted by molar-refractivity contribution is 0.166. The van der Waals surface area contributed by atoms with Crippen molar-refractivity contribution in [2.45, 2.75) is 50.4 Å². The van der Waals surface area contributed by atoms with Crippen LogP contribution in [-0.2, 0) is 6.54 Å². The summed E-state index contributed by atoms with van der Waals surface area (Å²) >= 11 is 6.20. The number of rotatable bonds is 4. The molecule has 118 valence electrons. The molecule has 3 nitrogen and oxygen atoms in total. The van der Waals surface area contributed by atoms with Crippen molar-refractivity contribution in [3.05, 3.63) is 28.8 Å². The number of halogens is 2. The van der Waals surface area contributed by atoms with Crippen LogP contribution in [0.4, 0.5) is 0 Å². The van der Waals surface area contributed by atoms with Crippen LogP contribution in [0.3, 0.4) is 0 Å². The molecule has 0 saturated carbocycles. The molecule has 2 aliphatic rings. The first-order valence-corrected chi connectivity index (χ1v) is 7.82. The van der Waals surface area contributed by atoms with E-state index in [-0.39, 0.29) is 12.4 Å². The van der Waals surface area contributed by atoms with Gasteiger partial charge in [0.25, 0.3) is 0 Å². The molecule has 2 unspecified atom stereocenters. The lowest BCUT2D eigenvalue weighted by Crippen LogP contribution is -2.46. The topological polar surface area (TPSA) is 24.5 Å². The zero-order valence-electron chi connectivity index (χ0n) is 12.6. The van der Waals surface area contributed by atoms with Crippen molar-refractivity contribution in [2.75, 3.05) is 14.2 Å². The van der Waals surface area contributed by atoms with Crippen LogP contribution in [-0.4, -0.2) is 37.2 Å². The van der Waals surface area contributed by atoms with Gasteiger partial charge in [-0.05, 0) is 50.4 Å². The largest absolute Gasteiger partial charge is 0.495 e. The molecule has 2 heterocycles. The molecule has 0 aliphatic carbocycles. The van der Waals surface area contributed by atoms with Crippen LogP contribution in [0.1, 0.15) is 31.2 Å². The quantitative estimate of drug-likeness (QED) is 0.914. The summed E-state index contributed by atoms with van der Waals surface area (Å²) in [7, 11) is 3.88. The van der Waals surface area contributed by atoms with Crippen LogP contribution < -0.4 is 10.1 Å². The number of ether oxygens (including phenoxy) is 1. The molecule has 21 heavy (non-hydrogen) atoms. The number of hydrogen-bond acceptors (Lipinski definition) is 3. The van der Waals surface area contributed by atoms with Gasteiger partial charge in [0.05, 0.1) is 12.1 Å².